The second-order valence-electron chi connectivity index (χ2n) is 18.3. The van der Waals surface area contributed by atoms with Crippen molar-refractivity contribution in [2.24, 2.45) is 0 Å². The van der Waals surface area contributed by atoms with Crippen molar-refractivity contribution in [1.29, 1.82) is 0 Å². The number of hydrogen-bond acceptors (Lipinski definition) is 5. The Morgan fingerprint density at radius 1 is 0.378 bits per heavy atom. The maximum Gasteiger partial charge on any atom is 0.227 e. The number of hydrogen-bond donors (Lipinski definition) is 0. The molecule has 12 rings (SSSR count). The lowest BCUT2D eigenvalue weighted by atomic mass is 9.92. The average molecular weight is 964 g/mol. The third-order valence-corrected chi connectivity index (χ3v) is 13.4. The van der Waals surface area contributed by atoms with Crippen LogP contribution in [-0.2, 0) is 38.4 Å². The lowest BCUT2D eigenvalue weighted by molar-refractivity contribution is 0.653. The van der Waals surface area contributed by atoms with Crippen LogP contribution in [0, 0.1) is 6.85 Å². The summed E-state index contributed by atoms with van der Waals surface area (Å²) in [7, 11) is 0. The predicted octanol–water partition coefficient (Wildman–Crippen LogP) is 16.8. The quantitative estimate of drug-likeness (QED) is 0.102. The molecule has 0 atom stereocenters. The van der Waals surface area contributed by atoms with Gasteiger partial charge in [0.05, 0.1) is 17.1 Å². The summed E-state index contributed by atoms with van der Waals surface area (Å²) in [4.78, 5) is 18.7. The van der Waals surface area contributed by atoms with E-state index in [0.29, 0.717) is 62.7 Å². The van der Waals surface area contributed by atoms with Crippen LogP contribution >= 0.6 is 0 Å². The van der Waals surface area contributed by atoms with Crippen LogP contribution in [0.15, 0.2) is 241 Å². The van der Waals surface area contributed by atoms with Gasteiger partial charge >= 0.3 is 0 Å². The molecular formula is C69H54N4O. The summed E-state index contributed by atoms with van der Waals surface area (Å²) in [6.07, 6.45) is -1.93. The third kappa shape index (κ3) is 10.2. The normalized spacial score (nSPS) is 13.9. The molecule has 5 nitrogen and oxygen atoms in total. The van der Waals surface area contributed by atoms with Crippen molar-refractivity contribution in [3.63, 3.8) is 0 Å². The molecule has 5 heterocycles. The molecule has 0 unspecified atom stereocenters. The molecular weight excluding hydrogens is 901 g/mol. The Bertz CT molecular complexity index is 4290. The number of fused-ring (bicyclic) bond motifs is 3. The van der Waals surface area contributed by atoms with Crippen molar-refractivity contribution in [1.82, 2.24) is 19.9 Å². The van der Waals surface area contributed by atoms with Crippen molar-refractivity contribution >= 4 is 22.1 Å². The molecule has 0 saturated heterocycles. The lowest BCUT2D eigenvalue weighted by Gasteiger charge is -2.15. The van der Waals surface area contributed by atoms with E-state index in [4.69, 9.17) is 23.5 Å². The van der Waals surface area contributed by atoms with Crippen molar-refractivity contribution < 1.29 is 16.8 Å². The molecule has 5 aromatic heterocycles. The summed E-state index contributed by atoms with van der Waals surface area (Å²) in [5.74, 6) is 0. The minimum absolute atomic E-state index is 0.0282. The summed E-state index contributed by atoms with van der Waals surface area (Å²) < 4.78 is 89.7. The molecule has 0 N–H and O–H groups in total. The van der Waals surface area contributed by atoms with E-state index in [0.717, 1.165) is 50.3 Å². The summed E-state index contributed by atoms with van der Waals surface area (Å²) in [6, 6.07) is 68.7. The molecule has 12 aromatic rings. The molecule has 356 valence electrons. The van der Waals surface area contributed by atoms with Gasteiger partial charge in [-0.15, -0.1) is 0 Å². The summed E-state index contributed by atoms with van der Waals surface area (Å²) >= 11 is 0. The van der Waals surface area contributed by atoms with Gasteiger partial charge in [-0.25, -0.2) is 4.98 Å². The zero-order valence-corrected chi connectivity index (χ0v) is 40.3. The number of furan rings is 1. The van der Waals surface area contributed by atoms with Crippen molar-refractivity contribution in [3.8, 4) is 67.2 Å². The van der Waals surface area contributed by atoms with Gasteiger partial charge in [0.25, 0.3) is 0 Å². The van der Waals surface area contributed by atoms with E-state index in [1.54, 1.807) is 30.5 Å². The SMILES string of the molecule is [2H]C([2H])([2H])c1ccc2c(n1)oc1c(-c3cc(-c4ccc(-c5ccccc5)cc4)c(C([2H])([2H])C([2H])([2H])c4cc(CCc5ccc(-c6ccccc6)nc5)cc(C([2H])([2H])Cc5ccc(-c6cccc(-c7ccccc7)c6)nc5)c4)cn3)cccc12. The van der Waals surface area contributed by atoms with Gasteiger partial charge in [-0.3, -0.25) is 15.0 Å². The van der Waals surface area contributed by atoms with E-state index in [9.17, 15) is 8.22 Å². The van der Waals surface area contributed by atoms with Crippen LogP contribution in [0.25, 0.3) is 89.2 Å². The molecule has 0 aliphatic carbocycles. The van der Waals surface area contributed by atoms with E-state index in [-0.39, 0.29) is 34.5 Å². The van der Waals surface area contributed by atoms with Crippen LogP contribution in [0.4, 0.5) is 0 Å². The van der Waals surface area contributed by atoms with Gasteiger partial charge in [0, 0.05) is 64.1 Å². The van der Waals surface area contributed by atoms with Crippen molar-refractivity contribution in [2.45, 2.75) is 45.2 Å². The molecule has 0 radical (unpaired) electrons. The van der Waals surface area contributed by atoms with E-state index < -0.39 is 26.0 Å². The molecule has 74 heavy (non-hydrogen) atoms. The lowest BCUT2D eigenvalue weighted by Crippen LogP contribution is -2.02. The first-order valence-electron chi connectivity index (χ1n) is 29.2. The first kappa shape index (κ1) is 36.8. The predicted molar refractivity (Wildman–Crippen MR) is 304 cm³/mol. The molecule has 0 aliphatic rings. The molecule has 0 bridgehead atoms. The van der Waals surface area contributed by atoms with Gasteiger partial charge in [0.1, 0.15) is 5.58 Å². The molecule has 0 aliphatic heterocycles. The van der Waals surface area contributed by atoms with E-state index in [1.807, 2.05) is 164 Å². The number of rotatable bonds is 15. The maximum absolute atomic E-state index is 10.0. The minimum Gasteiger partial charge on any atom is -0.437 e. The highest BCUT2D eigenvalue weighted by molar-refractivity contribution is 6.08. The first-order chi connectivity index (χ1) is 40.0. The highest BCUT2D eigenvalue weighted by Gasteiger charge is 2.17. The average Bonchev–Trinajstić information content (AvgIpc) is 3.91. The number of para-hydroxylation sites is 1. The molecule has 5 heteroatoms. The van der Waals surface area contributed by atoms with E-state index in [1.165, 1.54) is 18.3 Å². The van der Waals surface area contributed by atoms with Crippen LogP contribution in [-0.4, -0.2) is 19.9 Å². The first-order valence-corrected chi connectivity index (χ1v) is 24.7. The molecule has 0 saturated carbocycles. The topological polar surface area (TPSA) is 64.7 Å². The van der Waals surface area contributed by atoms with Gasteiger partial charge in [-0.1, -0.05) is 176 Å². The van der Waals surface area contributed by atoms with Gasteiger partial charge in [-0.05, 0) is 154 Å². The third-order valence-electron chi connectivity index (χ3n) is 13.4. The molecule has 7 aromatic carbocycles. The van der Waals surface area contributed by atoms with E-state index in [2.05, 4.69) is 29.2 Å². The molecule has 0 amide bonds. The number of aryl methyl sites for hydroxylation is 7. The summed E-state index contributed by atoms with van der Waals surface area (Å²) in [5, 5.41) is 1.30. The number of aromatic nitrogens is 4. The van der Waals surface area contributed by atoms with E-state index >= 15 is 0 Å². The smallest absolute Gasteiger partial charge is 0.227 e. The van der Waals surface area contributed by atoms with Crippen LogP contribution < -0.4 is 0 Å². The van der Waals surface area contributed by atoms with Crippen molar-refractivity contribution in [3.05, 3.63) is 276 Å². The zero-order chi connectivity index (χ0) is 57.5. The standard InChI is InChI=1S/C69H54N4O/c1-47-23-36-62-61-21-12-22-63(68(61)74-69(62)73-47)67-43-64(56-34-32-55(33-35-56)53-13-5-2-6-14-53)60(46-72-67)31-28-52-40-50(26-24-48-29-37-65(70-44-48)57-17-9-4-10-18-57)39-51(41-52)27-25-49-30-38-66(71-45-49)59-20-11-19-58(42-59)54-15-7-3-8-16-54/h2-23,29-30,32-46H,24-28,31H2,1H3/i1D3,27D2,28D2,31D2. The monoisotopic (exact) mass is 963 g/mol. The number of nitrogens with zero attached hydrogens (tertiary/aromatic N) is 4. The Balaban J connectivity index is 0.928. The highest BCUT2D eigenvalue weighted by atomic mass is 16.3. The zero-order valence-electron chi connectivity index (χ0n) is 49.3. The number of benzene rings is 7. The fraction of sp³-hybridized carbons (Fsp3) is 0.101. The fourth-order valence-corrected chi connectivity index (χ4v) is 9.48. The highest BCUT2D eigenvalue weighted by Crippen LogP contribution is 2.37. The Labute approximate surface area is 445 Å². The number of pyridine rings is 4. The second-order valence-corrected chi connectivity index (χ2v) is 18.3. The fourth-order valence-electron chi connectivity index (χ4n) is 9.48. The van der Waals surface area contributed by atoms with Gasteiger partial charge < -0.3 is 4.42 Å². The molecule has 0 spiro atoms. The minimum atomic E-state index is -2.79. The van der Waals surface area contributed by atoms with Crippen molar-refractivity contribution in [2.75, 3.05) is 0 Å². The Morgan fingerprint density at radius 2 is 0.959 bits per heavy atom. The second kappa shape index (κ2) is 21.0. The summed E-state index contributed by atoms with van der Waals surface area (Å²) in [5.41, 5.74) is 12.3. The van der Waals surface area contributed by atoms with Gasteiger partial charge in [0.15, 0.2) is 0 Å². The van der Waals surface area contributed by atoms with Gasteiger partial charge in [-0.2, -0.15) is 0 Å². The van der Waals surface area contributed by atoms with Crippen LogP contribution in [0.5, 0.6) is 0 Å². The largest absolute Gasteiger partial charge is 0.437 e. The van der Waals surface area contributed by atoms with Gasteiger partial charge in [0.2, 0.25) is 5.71 Å². The Hall–Kier alpha value is -9.06. The molecule has 0 fully saturated rings. The maximum atomic E-state index is 10.0. The summed E-state index contributed by atoms with van der Waals surface area (Å²) in [6.45, 7) is -2.45. The van der Waals surface area contributed by atoms with Crippen LogP contribution in [0.2, 0.25) is 0 Å². The van der Waals surface area contributed by atoms with Crippen LogP contribution in [0.3, 0.4) is 0 Å². The Morgan fingerprint density at radius 3 is 1.68 bits per heavy atom. The van der Waals surface area contributed by atoms with Crippen LogP contribution in [0.1, 0.15) is 51.4 Å². The Kier molecular flexibility index (Phi) is 10.4.